The molecule has 3 atom stereocenters. The number of carboxylic acids is 1. The van der Waals surface area contributed by atoms with Crippen LogP contribution in [0.5, 0.6) is 0 Å². The molecule has 2 aliphatic rings. The molecule has 2 rings (SSSR count). The number of rotatable bonds is 2. The molecule has 4 nitrogen and oxygen atoms in total. The maximum atomic E-state index is 11.6. The topological polar surface area (TPSA) is 43.8 Å². The summed E-state index contributed by atoms with van der Waals surface area (Å²) in [4.78, 5) is 16.1. The van der Waals surface area contributed by atoms with Crippen LogP contribution in [-0.2, 0) is 4.79 Å². The Morgan fingerprint density at radius 1 is 1.41 bits per heavy atom. The van der Waals surface area contributed by atoms with Gasteiger partial charge < -0.3 is 10.0 Å². The number of likely N-dealkylation sites (tertiary alicyclic amines) is 2. The Kier molecular flexibility index (Phi) is 3.46. The predicted octanol–water partition coefficient (Wildman–Crippen LogP) is 1.41. The second-order valence-electron chi connectivity index (χ2n) is 5.91. The van der Waals surface area contributed by atoms with Crippen LogP contribution in [0.15, 0.2) is 0 Å². The number of carbonyl (C=O) groups is 1. The fourth-order valence-corrected chi connectivity index (χ4v) is 3.34. The summed E-state index contributed by atoms with van der Waals surface area (Å²) in [6.07, 6.45) is 4.06. The van der Waals surface area contributed by atoms with Gasteiger partial charge in [-0.15, -0.1) is 0 Å². The molecule has 4 heteroatoms. The largest absolute Gasteiger partial charge is 0.480 e. The summed E-state index contributed by atoms with van der Waals surface area (Å²) in [7, 11) is 2.13. The highest BCUT2D eigenvalue weighted by Crippen LogP contribution is 2.34. The van der Waals surface area contributed by atoms with Crippen LogP contribution in [0.4, 0.5) is 0 Å². The van der Waals surface area contributed by atoms with Gasteiger partial charge in [0, 0.05) is 18.6 Å². The first-order valence-electron chi connectivity index (χ1n) is 6.65. The zero-order valence-corrected chi connectivity index (χ0v) is 11.1. The highest BCUT2D eigenvalue weighted by molar-refractivity contribution is 5.78. The van der Waals surface area contributed by atoms with Crippen LogP contribution in [0.2, 0.25) is 0 Å². The molecule has 0 bridgehead atoms. The number of hydrogen-bond donors (Lipinski definition) is 1. The van der Waals surface area contributed by atoms with Crippen molar-refractivity contribution in [2.45, 2.75) is 57.2 Å². The molecular weight excluding hydrogens is 216 g/mol. The number of piperidine rings is 1. The maximum absolute atomic E-state index is 11.6. The molecule has 0 aromatic heterocycles. The Labute approximate surface area is 104 Å². The third kappa shape index (κ3) is 2.20. The van der Waals surface area contributed by atoms with E-state index in [0.717, 1.165) is 38.8 Å². The molecule has 0 aliphatic carbocycles. The summed E-state index contributed by atoms with van der Waals surface area (Å²) in [6, 6.07) is 0.983. The highest BCUT2D eigenvalue weighted by Gasteiger charge is 2.46. The third-order valence-electron chi connectivity index (χ3n) is 4.71. The van der Waals surface area contributed by atoms with Crippen LogP contribution in [0.25, 0.3) is 0 Å². The van der Waals surface area contributed by atoms with Crippen LogP contribution < -0.4 is 0 Å². The van der Waals surface area contributed by atoms with Gasteiger partial charge in [-0.1, -0.05) is 0 Å². The van der Waals surface area contributed by atoms with Gasteiger partial charge in [-0.3, -0.25) is 9.69 Å². The fraction of sp³-hybridized carbons (Fsp3) is 0.923. The van der Waals surface area contributed by atoms with Crippen molar-refractivity contribution in [3.63, 3.8) is 0 Å². The molecule has 0 aromatic rings. The normalized spacial score (nSPS) is 40.6. The lowest BCUT2D eigenvalue weighted by Crippen LogP contribution is -2.59. The second kappa shape index (κ2) is 4.58. The molecule has 3 unspecified atom stereocenters. The van der Waals surface area contributed by atoms with E-state index >= 15 is 0 Å². The maximum Gasteiger partial charge on any atom is 0.323 e. The first kappa shape index (κ1) is 12.8. The van der Waals surface area contributed by atoms with E-state index in [4.69, 9.17) is 0 Å². The van der Waals surface area contributed by atoms with E-state index in [2.05, 4.69) is 23.8 Å². The van der Waals surface area contributed by atoms with Crippen molar-refractivity contribution in [1.82, 2.24) is 9.80 Å². The molecule has 2 heterocycles. The molecule has 98 valence electrons. The van der Waals surface area contributed by atoms with Crippen molar-refractivity contribution in [2.24, 2.45) is 0 Å². The van der Waals surface area contributed by atoms with Crippen molar-refractivity contribution < 1.29 is 9.90 Å². The molecule has 2 fully saturated rings. The number of carboxylic acid groups (broad SMARTS) is 1. The summed E-state index contributed by atoms with van der Waals surface area (Å²) < 4.78 is 0. The van der Waals surface area contributed by atoms with Crippen LogP contribution >= 0.6 is 0 Å². The minimum absolute atomic E-state index is 0.413. The molecule has 1 N–H and O–H groups in total. The second-order valence-corrected chi connectivity index (χ2v) is 5.91. The Morgan fingerprint density at radius 3 is 2.65 bits per heavy atom. The summed E-state index contributed by atoms with van der Waals surface area (Å²) in [5.74, 6) is -0.653. The highest BCUT2D eigenvalue weighted by atomic mass is 16.4. The summed E-state index contributed by atoms with van der Waals surface area (Å²) in [5, 5.41) is 9.50. The number of likely N-dealkylation sites (N-methyl/N-ethyl adjacent to an activating group) is 1. The molecule has 0 radical (unpaired) electrons. The first-order chi connectivity index (χ1) is 7.95. The van der Waals surface area contributed by atoms with Gasteiger partial charge in [0.05, 0.1) is 0 Å². The molecule has 2 aliphatic heterocycles. The average Bonchev–Trinajstić information content (AvgIpc) is 2.59. The van der Waals surface area contributed by atoms with E-state index in [-0.39, 0.29) is 0 Å². The van der Waals surface area contributed by atoms with Crippen LogP contribution in [-0.4, -0.2) is 58.6 Å². The quantitative estimate of drug-likeness (QED) is 0.792. The van der Waals surface area contributed by atoms with Gasteiger partial charge in [0.15, 0.2) is 0 Å². The third-order valence-corrected chi connectivity index (χ3v) is 4.71. The number of aliphatic carboxylic acids is 1. The van der Waals surface area contributed by atoms with Crippen LogP contribution in [0, 0.1) is 0 Å². The van der Waals surface area contributed by atoms with E-state index in [0.29, 0.717) is 12.1 Å². The minimum atomic E-state index is -0.653. The molecule has 2 saturated heterocycles. The van der Waals surface area contributed by atoms with Gasteiger partial charge in [0.25, 0.3) is 0 Å². The fourth-order valence-electron chi connectivity index (χ4n) is 3.34. The van der Waals surface area contributed by atoms with Crippen molar-refractivity contribution in [3.05, 3.63) is 0 Å². The average molecular weight is 240 g/mol. The Bertz CT molecular complexity index is 298. The van der Waals surface area contributed by atoms with E-state index in [1.54, 1.807) is 0 Å². The SMILES string of the molecule is CC1CC(N2CCCCC2(C)C(=O)O)CN1C. The summed E-state index contributed by atoms with van der Waals surface area (Å²) >= 11 is 0. The van der Waals surface area contributed by atoms with E-state index in [1.165, 1.54) is 0 Å². The van der Waals surface area contributed by atoms with E-state index < -0.39 is 11.5 Å². The van der Waals surface area contributed by atoms with Gasteiger partial charge in [0.2, 0.25) is 0 Å². The van der Waals surface area contributed by atoms with Crippen molar-refractivity contribution in [1.29, 1.82) is 0 Å². The van der Waals surface area contributed by atoms with Gasteiger partial charge in [-0.25, -0.2) is 0 Å². The lowest BCUT2D eigenvalue weighted by Gasteiger charge is -2.45. The summed E-state index contributed by atoms with van der Waals surface area (Å²) in [5.41, 5.74) is -0.645. The molecule has 0 amide bonds. The lowest BCUT2D eigenvalue weighted by atomic mass is 9.86. The number of hydrogen-bond acceptors (Lipinski definition) is 3. The molecule has 0 aromatic carbocycles. The number of nitrogens with zero attached hydrogens (tertiary/aromatic N) is 2. The molecular formula is C13H24N2O2. The standard InChI is InChI=1S/C13H24N2O2/c1-10-8-11(9-14(10)3)15-7-5-4-6-13(15,2)12(16)17/h10-11H,4-9H2,1-3H3,(H,16,17). The minimum Gasteiger partial charge on any atom is -0.480 e. The van der Waals surface area contributed by atoms with E-state index in [9.17, 15) is 9.90 Å². The van der Waals surface area contributed by atoms with Gasteiger partial charge in [-0.05, 0) is 53.1 Å². The Hall–Kier alpha value is -0.610. The van der Waals surface area contributed by atoms with Crippen molar-refractivity contribution in [2.75, 3.05) is 20.1 Å². The monoisotopic (exact) mass is 240 g/mol. The van der Waals surface area contributed by atoms with Crippen molar-refractivity contribution >= 4 is 5.97 Å². The zero-order valence-electron chi connectivity index (χ0n) is 11.1. The van der Waals surface area contributed by atoms with Gasteiger partial charge in [0.1, 0.15) is 5.54 Å². The smallest absolute Gasteiger partial charge is 0.323 e. The zero-order chi connectivity index (χ0) is 12.6. The van der Waals surface area contributed by atoms with Crippen LogP contribution in [0.1, 0.15) is 39.5 Å². The van der Waals surface area contributed by atoms with Gasteiger partial charge >= 0.3 is 5.97 Å². The Balaban J connectivity index is 2.15. The van der Waals surface area contributed by atoms with Gasteiger partial charge in [-0.2, -0.15) is 0 Å². The first-order valence-corrected chi connectivity index (χ1v) is 6.65. The van der Waals surface area contributed by atoms with E-state index in [1.807, 2.05) is 6.92 Å². The lowest BCUT2D eigenvalue weighted by molar-refractivity contribution is -0.154. The summed E-state index contributed by atoms with van der Waals surface area (Å²) in [6.45, 7) is 6.07. The molecule has 0 saturated carbocycles. The molecule has 0 spiro atoms. The predicted molar refractivity (Wildman–Crippen MR) is 67.1 cm³/mol. The molecule has 17 heavy (non-hydrogen) atoms. The Morgan fingerprint density at radius 2 is 2.12 bits per heavy atom. The van der Waals surface area contributed by atoms with Crippen molar-refractivity contribution in [3.8, 4) is 0 Å². The van der Waals surface area contributed by atoms with Crippen LogP contribution in [0.3, 0.4) is 0 Å².